The van der Waals surface area contributed by atoms with Gasteiger partial charge in [-0.25, -0.2) is 8.78 Å². The number of pyridine rings is 1. The number of rotatable bonds is 3. The summed E-state index contributed by atoms with van der Waals surface area (Å²) < 4.78 is 27.7. The largest absolute Gasteiger partial charge is 0.324 e. The fraction of sp³-hybridized carbons (Fsp3) is 0.150. The predicted octanol–water partition coefficient (Wildman–Crippen LogP) is 5.68. The number of nitrogens with two attached hydrogens (primary N) is 1. The van der Waals surface area contributed by atoms with Crippen LogP contribution in [0.15, 0.2) is 48.8 Å². The first-order valence-electron chi connectivity index (χ1n) is 7.84. The van der Waals surface area contributed by atoms with Gasteiger partial charge in [0, 0.05) is 29.5 Å². The molecule has 0 saturated carbocycles. The highest BCUT2D eigenvalue weighted by molar-refractivity contribution is 6.32. The molecule has 25 heavy (non-hydrogen) atoms. The molecule has 0 amide bonds. The highest BCUT2D eigenvalue weighted by atomic mass is 35.5. The van der Waals surface area contributed by atoms with Crippen molar-refractivity contribution in [3.8, 4) is 22.3 Å². The molecule has 2 aromatic carbocycles. The maximum absolute atomic E-state index is 13.9. The topological polar surface area (TPSA) is 38.9 Å². The van der Waals surface area contributed by atoms with Crippen molar-refractivity contribution in [1.29, 1.82) is 0 Å². The maximum Gasteiger partial charge on any atom is 0.126 e. The summed E-state index contributed by atoms with van der Waals surface area (Å²) in [5.41, 5.74) is 10.4. The number of hydrogen-bond acceptors (Lipinski definition) is 2. The van der Waals surface area contributed by atoms with Gasteiger partial charge in [-0.3, -0.25) is 4.98 Å². The van der Waals surface area contributed by atoms with Gasteiger partial charge in [0.1, 0.15) is 11.6 Å². The SMILES string of the molecule is Cc1c(Cl)cc(C(C)N)c(-c2cc(F)cc(F)c2)c1-c1ccncc1. The first-order valence-corrected chi connectivity index (χ1v) is 8.21. The predicted molar refractivity (Wildman–Crippen MR) is 97.4 cm³/mol. The Morgan fingerprint density at radius 3 is 2.12 bits per heavy atom. The molecule has 2 N–H and O–H groups in total. The van der Waals surface area contributed by atoms with Crippen molar-refractivity contribution in [1.82, 2.24) is 4.98 Å². The molecule has 0 spiro atoms. The molecule has 0 aliphatic carbocycles. The normalized spacial score (nSPS) is 12.2. The zero-order valence-electron chi connectivity index (χ0n) is 13.9. The van der Waals surface area contributed by atoms with Gasteiger partial charge in [0.05, 0.1) is 0 Å². The second-order valence-electron chi connectivity index (χ2n) is 6.01. The lowest BCUT2D eigenvalue weighted by molar-refractivity contribution is 0.584. The summed E-state index contributed by atoms with van der Waals surface area (Å²) in [5, 5.41) is 0.555. The van der Waals surface area contributed by atoms with Gasteiger partial charge in [-0.2, -0.15) is 0 Å². The smallest absolute Gasteiger partial charge is 0.126 e. The molecule has 0 aliphatic rings. The molecule has 0 radical (unpaired) electrons. The van der Waals surface area contributed by atoms with E-state index >= 15 is 0 Å². The molecule has 0 aliphatic heterocycles. The van der Waals surface area contributed by atoms with Gasteiger partial charge in [-0.15, -0.1) is 0 Å². The standard InChI is InChI=1S/C20H17ClF2N2/c1-11-18(21)10-17(12(2)24)20(14-7-15(22)9-16(23)8-14)19(11)13-3-5-25-6-4-13/h3-10,12H,24H2,1-2H3. The number of benzene rings is 2. The third-order valence-electron chi connectivity index (χ3n) is 4.16. The van der Waals surface area contributed by atoms with Crippen LogP contribution < -0.4 is 5.73 Å². The Hall–Kier alpha value is -2.30. The molecule has 5 heteroatoms. The van der Waals surface area contributed by atoms with E-state index in [0.717, 1.165) is 28.3 Å². The van der Waals surface area contributed by atoms with Crippen LogP contribution in [-0.4, -0.2) is 4.98 Å². The van der Waals surface area contributed by atoms with Crippen LogP contribution in [0.4, 0.5) is 8.78 Å². The van der Waals surface area contributed by atoms with E-state index in [2.05, 4.69) is 4.98 Å². The maximum atomic E-state index is 13.9. The fourth-order valence-corrected chi connectivity index (χ4v) is 3.23. The first-order chi connectivity index (χ1) is 11.9. The number of hydrogen-bond donors (Lipinski definition) is 1. The van der Waals surface area contributed by atoms with Crippen LogP contribution in [0.2, 0.25) is 5.02 Å². The van der Waals surface area contributed by atoms with Gasteiger partial charge in [0.2, 0.25) is 0 Å². The number of aromatic nitrogens is 1. The monoisotopic (exact) mass is 358 g/mol. The van der Waals surface area contributed by atoms with Crippen LogP contribution in [0.1, 0.15) is 24.1 Å². The lowest BCUT2D eigenvalue weighted by Gasteiger charge is -2.21. The van der Waals surface area contributed by atoms with Gasteiger partial charge < -0.3 is 5.73 Å². The summed E-state index contributed by atoms with van der Waals surface area (Å²) in [5.74, 6) is -1.28. The van der Waals surface area contributed by atoms with E-state index in [1.807, 2.05) is 26.0 Å². The van der Waals surface area contributed by atoms with E-state index in [1.54, 1.807) is 18.5 Å². The Morgan fingerprint density at radius 1 is 0.960 bits per heavy atom. The minimum atomic E-state index is -0.640. The molecule has 1 aromatic heterocycles. The van der Waals surface area contributed by atoms with Gasteiger partial charge in [0.15, 0.2) is 0 Å². The van der Waals surface area contributed by atoms with Crippen molar-refractivity contribution in [2.75, 3.05) is 0 Å². The van der Waals surface area contributed by atoms with Gasteiger partial charge in [-0.05, 0) is 77.6 Å². The van der Waals surface area contributed by atoms with Crippen molar-refractivity contribution in [3.63, 3.8) is 0 Å². The van der Waals surface area contributed by atoms with Crippen LogP contribution in [0, 0.1) is 18.6 Å². The molecule has 3 rings (SSSR count). The molecule has 128 valence electrons. The Labute approximate surface area is 150 Å². The van der Waals surface area contributed by atoms with E-state index in [-0.39, 0.29) is 6.04 Å². The van der Waals surface area contributed by atoms with Gasteiger partial charge in [-0.1, -0.05) is 11.6 Å². The highest BCUT2D eigenvalue weighted by Gasteiger charge is 2.20. The van der Waals surface area contributed by atoms with Gasteiger partial charge >= 0.3 is 0 Å². The molecule has 1 unspecified atom stereocenters. The van der Waals surface area contributed by atoms with E-state index < -0.39 is 11.6 Å². The van der Waals surface area contributed by atoms with Crippen LogP contribution >= 0.6 is 11.6 Å². The van der Waals surface area contributed by atoms with Crippen molar-refractivity contribution < 1.29 is 8.78 Å². The van der Waals surface area contributed by atoms with E-state index in [9.17, 15) is 8.78 Å². The molecule has 0 fully saturated rings. The Kier molecular flexibility index (Phi) is 4.84. The second-order valence-corrected chi connectivity index (χ2v) is 6.41. The summed E-state index contributed by atoms with van der Waals surface area (Å²) in [7, 11) is 0. The summed E-state index contributed by atoms with van der Waals surface area (Å²) >= 11 is 6.42. The zero-order chi connectivity index (χ0) is 18.1. The lowest BCUT2D eigenvalue weighted by Crippen LogP contribution is -2.09. The number of halogens is 3. The zero-order valence-corrected chi connectivity index (χ0v) is 14.6. The van der Waals surface area contributed by atoms with Crippen LogP contribution in [0.3, 0.4) is 0 Å². The second kappa shape index (κ2) is 6.90. The molecule has 1 heterocycles. The average molecular weight is 359 g/mol. The van der Waals surface area contributed by atoms with E-state index in [0.29, 0.717) is 16.1 Å². The third kappa shape index (κ3) is 3.41. The summed E-state index contributed by atoms with van der Waals surface area (Å²) in [6, 6.07) is 8.55. The third-order valence-corrected chi connectivity index (χ3v) is 4.56. The van der Waals surface area contributed by atoms with Crippen LogP contribution in [0.5, 0.6) is 0 Å². The molecule has 0 bridgehead atoms. The van der Waals surface area contributed by atoms with Crippen LogP contribution in [0.25, 0.3) is 22.3 Å². The highest BCUT2D eigenvalue weighted by Crippen LogP contribution is 2.42. The minimum absolute atomic E-state index is 0.361. The van der Waals surface area contributed by atoms with E-state index in [4.69, 9.17) is 17.3 Å². The molecule has 1 atom stereocenters. The number of nitrogens with zero attached hydrogens (tertiary/aromatic N) is 1. The van der Waals surface area contributed by atoms with Crippen molar-refractivity contribution in [2.45, 2.75) is 19.9 Å². The quantitative estimate of drug-likeness (QED) is 0.654. The Bertz CT molecular complexity index is 904. The molecule has 0 saturated heterocycles. The average Bonchev–Trinajstić information content (AvgIpc) is 2.56. The van der Waals surface area contributed by atoms with Crippen molar-refractivity contribution in [2.24, 2.45) is 5.73 Å². The summed E-state index contributed by atoms with van der Waals surface area (Å²) in [6.45, 7) is 3.69. The Morgan fingerprint density at radius 2 is 1.56 bits per heavy atom. The van der Waals surface area contributed by atoms with Crippen molar-refractivity contribution >= 4 is 11.6 Å². The van der Waals surface area contributed by atoms with Crippen molar-refractivity contribution in [3.05, 3.63) is 76.6 Å². The van der Waals surface area contributed by atoms with E-state index in [1.165, 1.54) is 12.1 Å². The van der Waals surface area contributed by atoms with Crippen LogP contribution in [-0.2, 0) is 0 Å². The molecule has 3 aromatic rings. The molecule has 2 nitrogen and oxygen atoms in total. The Balaban J connectivity index is 2.44. The lowest BCUT2D eigenvalue weighted by atomic mass is 9.85. The summed E-state index contributed by atoms with van der Waals surface area (Å²) in [6.07, 6.45) is 3.33. The summed E-state index contributed by atoms with van der Waals surface area (Å²) in [4.78, 5) is 4.03. The molecular formula is C20H17ClF2N2. The minimum Gasteiger partial charge on any atom is -0.324 e. The molecular weight excluding hydrogens is 342 g/mol. The first kappa shape index (κ1) is 17.5. The fourth-order valence-electron chi connectivity index (χ4n) is 3.02. The van der Waals surface area contributed by atoms with Gasteiger partial charge in [0.25, 0.3) is 0 Å².